The van der Waals surface area contributed by atoms with Crippen LogP contribution < -0.4 is 4.72 Å². The Labute approximate surface area is 99.6 Å². The van der Waals surface area contributed by atoms with E-state index >= 15 is 0 Å². The lowest BCUT2D eigenvalue weighted by Gasteiger charge is -2.10. The topological polar surface area (TPSA) is 109 Å². The number of sulfonamides is 1. The number of hydrogen-bond donors (Lipinski definition) is 2. The van der Waals surface area contributed by atoms with Gasteiger partial charge in [-0.3, -0.25) is 0 Å². The zero-order valence-electron chi connectivity index (χ0n) is 8.96. The molecule has 1 aromatic rings. The predicted molar refractivity (Wildman–Crippen MR) is 61.4 cm³/mol. The first-order valence-corrected chi connectivity index (χ1v) is 8.42. The maximum Gasteiger partial charge on any atom is 0.215 e. The van der Waals surface area contributed by atoms with Crippen molar-refractivity contribution in [3.63, 3.8) is 0 Å². The average molecular weight is 279 g/mol. The molecule has 1 unspecified atom stereocenters. The molecule has 2 heterocycles. The van der Waals surface area contributed by atoms with Crippen molar-refractivity contribution in [2.75, 3.05) is 11.5 Å². The van der Waals surface area contributed by atoms with E-state index in [-0.39, 0.29) is 24.5 Å². The predicted octanol–water partition coefficient (Wildman–Crippen LogP) is -0.984. The number of hydrogen-bond acceptors (Lipinski definition) is 5. The minimum atomic E-state index is -3.58. The molecule has 0 aliphatic carbocycles. The monoisotopic (exact) mass is 279 g/mol. The smallest absolute Gasteiger partial charge is 0.215 e. The minimum absolute atomic E-state index is 0.0529. The Morgan fingerprint density at radius 3 is 2.82 bits per heavy atom. The number of H-pyrrole nitrogens is 1. The lowest BCUT2D eigenvalue weighted by atomic mass is 10.4. The normalized spacial score (nSPS) is 23.9. The van der Waals surface area contributed by atoms with E-state index in [9.17, 15) is 16.8 Å². The lowest BCUT2D eigenvalue weighted by Crippen LogP contribution is -2.34. The third-order valence-corrected chi connectivity index (χ3v) is 6.45. The highest BCUT2D eigenvalue weighted by Crippen LogP contribution is 2.18. The van der Waals surface area contributed by atoms with Gasteiger partial charge in [-0.05, 0) is 6.42 Å². The van der Waals surface area contributed by atoms with Gasteiger partial charge in [-0.15, -0.1) is 0 Å². The first kappa shape index (κ1) is 12.5. The summed E-state index contributed by atoms with van der Waals surface area (Å²) in [4.78, 5) is 6.52. The Kier molecular flexibility index (Phi) is 3.23. The zero-order valence-corrected chi connectivity index (χ0v) is 10.6. The fourth-order valence-electron chi connectivity index (χ4n) is 1.68. The molecular formula is C8H13N3O4S2. The molecule has 1 fully saturated rings. The quantitative estimate of drug-likeness (QED) is 0.736. The van der Waals surface area contributed by atoms with Crippen molar-refractivity contribution in [1.29, 1.82) is 0 Å². The van der Waals surface area contributed by atoms with E-state index in [0.29, 0.717) is 5.69 Å². The Morgan fingerprint density at radius 1 is 1.53 bits per heavy atom. The highest BCUT2D eigenvalue weighted by Gasteiger charge is 2.36. The van der Waals surface area contributed by atoms with Crippen LogP contribution in [0.1, 0.15) is 12.1 Å². The van der Waals surface area contributed by atoms with Crippen molar-refractivity contribution in [1.82, 2.24) is 14.7 Å². The molecule has 17 heavy (non-hydrogen) atoms. The fraction of sp³-hybridized carbons (Fsp3) is 0.625. The van der Waals surface area contributed by atoms with E-state index in [1.807, 2.05) is 0 Å². The summed E-state index contributed by atoms with van der Waals surface area (Å²) in [5.74, 6) is -0.339. The number of imidazole rings is 1. The summed E-state index contributed by atoms with van der Waals surface area (Å²) in [6.07, 6.45) is 3.12. The number of nitrogens with one attached hydrogen (secondary N) is 2. The second kappa shape index (κ2) is 4.39. The van der Waals surface area contributed by atoms with Crippen molar-refractivity contribution in [2.24, 2.45) is 0 Å². The summed E-state index contributed by atoms with van der Waals surface area (Å²) in [6, 6.07) is 0. The first-order valence-electron chi connectivity index (χ1n) is 5.05. The fourth-order valence-corrected chi connectivity index (χ4v) is 5.73. The largest absolute Gasteiger partial charge is 0.347 e. The van der Waals surface area contributed by atoms with Crippen LogP contribution in [0, 0.1) is 0 Å². The molecule has 0 saturated carbocycles. The Balaban J connectivity index is 2.00. The first-order chi connectivity index (χ1) is 7.89. The summed E-state index contributed by atoms with van der Waals surface area (Å²) in [6.45, 7) is 0.0961. The van der Waals surface area contributed by atoms with Gasteiger partial charge in [0.2, 0.25) is 10.0 Å². The minimum Gasteiger partial charge on any atom is -0.347 e. The number of nitrogens with zero attached hydrogens (tertiary/aromatic N) is 1. The summed E-state index contributed by atoms with van der Waals surface area (Å²) >= 11 is 0. The molecule has 7 nitrogen and oxygen atoms in total. The summed E-state index contributed by atoms with van der Waals surface area (Å²) in [7, 11) is -6.77. The van der Waals surface area contributed by atoms with Crippen molar-refractivity contribution in [3.8, 4) is 0 Å². The van der Waals surface area contributed by atoms with E-state index in [1.165, 1.54) is 12.5 Å². The van der Waals surface area contributed by atoms with Crippen LogP contribution in [0.5, 0.6) is 0 Å². The third-order valence-electron chi connectivity index (χ3n) is 2.65. The van der Waals surface area contributed by atoms with Crippen LogP contribution in [-0.4, -0.2) is 43.6 Å². The maximum atomic E-state index is 11.8. The molecule has 0 amide bonds. The molecule has 1 aliphatic rings. The van der Waals surface area contributed by atoms with Crippen molar-refractivity contribution in [3.05, 3.63) is 18.2 Å². The van der Waals surface area contributed by atoms with E-state index in [1.54, 1.807) is 0 Å². The molecule has 2 N–H and O–H groups in total. The van der Waals surface area contributed by atoms with Gasteiger partial charge in [0.05, 0.1) is 29.6 Å². The van der Waals surface area contributed by atoms with Crippen LogP contribution in [0.4, 0.5) is 0 Å². The van der Waals surface area contributed by atoms with Gasteiger partial charge in [-0.25, -0.2) is 26.5 Å². The molecule has 2 rings (SSSR count). The van der Waals surface area contributed by atoms with Gasteiger partial charge < -0.3 is 4.98 Å². The summed E-state index contributed by atoms with van der Waals surface area (Å²) in [5, 5.41) is -0.838. The Hall–Kier alpha value is -0.930. The molecule has 1 aromatic heterocycles. The van der Waals surface area contributed by atoms with Crippen molar-refractivity contribution >= 4 is 19.9 Å². The van der Waals surface area contributed by atoms with Crippen LogP contribution in [0.25, 0.3) is 0 Å². The standard InChI is InChI=1S/C8H13N3O4S2/c12-16(13)2-1-8(5-16)17(14,15)11-4-7-3-9-6-10-7/h3,6,8,11H,1-2,4-5H2,(H,9,10). The van der Waals surface area contributed by atoms with Crippen molar-refractivity contribution < 1.29 is 16.8 Å². The molecule has 96 valence electrons. The molecule has 0 spiro atoms. The van der Waals surface area contributed by atoms with Gasteiger partial charge in [-0.1, -0.05) is 0 Å². The van der Waals surface area contributed by atoms with Crippen LogP contribution >= 0.6 is 0 Å². The summed E-state index contributed by atoms with van der Waals surface area (Å²) in [5.41, 5.74) is 0.634. The van der Waals surface area contributed by atoms with Crippen LogP contribution in [0.15, 0.2) is 12.5 Å². The molecule has 1 saturated heterocycles. The van der Waals surface area contributed by atoms with Gasteiger partial charge in [0.25, 0.3) is 0 Å². The number of rotatable bonds is 4. The maximum absolute atomic E-state index is 11.8. The van der Waals surface area contributed by atoms with Gasteiger partial charge in [0, 0.05) is 11.9 Å². The van der Waals surface area contributed by atoms with E-state index < -0.39 is 25.1 Å². The van der Waals surface area contributed by atoms with Gasteiger partial charge >= 0.3 is 0 Å². The van der Waals surface area contributed by atoms with Crippen LogP contribution in [0.2, 0.25) is 0 Å². The second-order valence-corrected chi connectivity index (χ2v) is 8.24. The zero-order chi connectivity index (χ0) is 12.5. The van der Waals surface area contributed by atoms with E-state index in [4.69, 9.17) is 0 Å². The number of sulfone groups is 1. The van der Waals surface area contributed by atoms with Gasteiger partial charge in [0.1, 0.15) is 0 Å². The number of aromatic amines is 1. The molecule has 1 aliphatic heterocycles. The van der Waals surface area contributed by atoms with Gasteiger partial charge in [-0.2, -0.15) is 0 Å². The van der Waals surface area contributed by atoms with Crippen molar-refractivity contribution in [2.45, 2.75) is 18.2 Å². The molecule has 0 radical (unpaired) electrons. The van der Waals surface area contributed by atoms with Crippen LogP contribution in [-0.2, 0) is 26.4 Å². The number of aromatic nitrogens is 2. The Bertz CT molecular complexity index is 576. The molecule has 0 aromatic carbocycles. The molecular weight excluding hydrogens is 266 g/mol. The Morgan fingerprint density at radius 2 is 2.29 bits per heavy atom. The second-order valence-electron chi connectivity index (χ2n) is 3.97. The lowest BCUT2D eigenvalue weighted by molar-refractivity contribution is 0.567. The SMILES string of the molecule is O=S1(=O)CCC(S(=O)(=O)NCc2cnc[nH]2)C1. The average Bonchev–Trinajstić information content (AvgIpc) is 2.84. The highest BCUT2D eigenvalue weighted by atomic mass is 32.2. The third kappa shape index (κ3) is 3.05. The van der Waals surface area contributed by atoms with Gasteiger partial charge in [0.15, 0.2) is 9.84 Å². The molecule has 1 atom stereocenters. The van der Waals surface area contributed by atoms with Crippen LogP contribution in [0.3, 0.4) is 0 Å². The molecule has 9 heteroatoms. The summed E-state index contributed by atoms with van der Waals surface area (Å²) < 4.78 is 48.4. The molecule has 0 bridgehead atoms. The highest BCUT2D eigenvalue weighted by molar-refractivity contribution is 7.95. The van der Waals surface area contributed by atoms with E-state index in [2.05, 4.69) is 14.7 Å². The van der Waals surface area contributed by atoms with E-state index in [0.717, 1.165) is 0 Å².